The molecular formula is C15H19NO4S. The molecule has 0 bridgehead atoms. The molecule has 0 spiro atoms. The van der Waals surface area contributed by atoms with Crippen LogP contribution in [0.3, 0.4) is 0 Å². The first-order valence-electron chi connectivity index (χ1n) is 6.92. The minimum Gasteiger partial charge on any atom is -0.480 e. The summed E-state index contributed by atoms with van der Waals surface area (Å²) >= 11 is 1.65. The van der Waals surface area contributed by atoms with E-state index in [0.29, 0.717) is 18.6 Å². The monoisotopic (exact) mass is 309 g/mol. The molecule has 2 rings (SSSR count). The van der Waals surface area contributed by atoms with E-state index in [0.717, 1.165) is 18.8 Å². The number of thioether (sulfide) groups is 1. The second-order valence-corrected chi connectivity index (χ2v) is 6.00. The number of carboxylic acids is 1. The number of hydrogen-bond donors (Lipinski definition) is 2. The molecule has 0 aromatic heterocycles. The molecule has 1 amide bonds. The van der Waals surface area contributed by atoms with Gasteiger partial charge in [0.25, 0.3) is 0 Å². The van der Waals surface area contributed by atoms with Crippen LogP contribution in [0.4, 0.5) is 0 Å². The van der Waals surface area contributed by atoms with Crippen molar-refractivity contribution in [2.75, 3.05) is 18.1 Å². The highest BCUT2D eigenvalue weighted by Crippen LogP contribution is 2.29. The van der Waals surface area contributed by atoms with Crippen LogP contribution in [0.15, 0.2) is 24.3 Å². The normalized spacial score (nSPS) is 18.6. The van der Waals surface area contributed by atoms with Crippen molar-refractivity contribution in [1.29, 1.82) is 0 Å². The maximum absolute atomic E-state index is 10.9. The summed E-state index contributed by atoms with van der Waals surface area (Å²) in [7, 11) is 0. The van der Waals surface area contributed by atoms with Crippen LogP contribution in [-0.4, -0.2) is 41.6 Å². The van der Waals surface area contributed by atoms with Crippen LogP contribution < -0.4 is 5.32 Å². The van der Waals surface area contributed by atoms with Crippen molar-refractivity contribution in [3.8, 4) is 0 Å². The van der Waals surface area contributed by atoms with Crippen LogP contribution in [0.5, 0.6) is 0 Å². The first kappa shape index (κ1) is 15.9. The van der Waals surface area contributed by atoms with E-state index in [2.05, 4.69) is 17.4 Å². The smallest absolute Gasteiger partial charge is 0.326 e. The summed E-state index contributed by atoms with van der Waals surface area (Å²) in [5.74, 6) is 0.464. The molecule has 0 fully saturated rings. The predicted molar refractivity (Wildman–Crippen MR) is 81.4 cm³/mol. The Morgan fingerprint density at radius 2 is 2.33 bits per heavy atom. The zero-order valence-corrected chi connectivity index (χ0v) is 12.5. The fourth-order valence-electron chi connectivity index (χ4n) is 2.37. The highest BCUT2D eigenvalue weighted by Gasteiger charge is 2.21. The van der Waals surface area contributed by atoms with Crippen LogP contribution in [0.25, 0.3) is 0 Å². The third kappa shape index (κ3) is 4.47. The maximum Gasteiger partial charge on any atom is 0.326 e. The van der Waals surface area contributed by atoms with Crippen molar-refractivity contribution in [2.24, 2.45) is 0 Å². The van der Waals surface area contributed by atoms with Crippen LogP contribution in [0.2, 0.25) is 0 Å². The topological polar surface area (TPSA) is 75.6 Å². The molecule has 0 aliphatic carbocycles. The van der Waals surface area contributed by atoms with Crippen molar-refractivity contribution in [2.45, 2.75) is 25.0 Å². The highest BCUT2D eigenvalue weighted by molar-refractivity contribution is 7.99. The lowest BCUT2D eigenvalue weighted by atomic mass is 9.99. The van der Waals surface area contributed by atoms with E-state index in [4.69, 9.17) is 9.84 Å². The van der Waals surface area contributed by atoms with Gasteiger partial charge in [-0.05, 0) is 29.7 Å². The van der Waals surface area contributed by atoms with Crippen LogP contribution >= 0.6 is 11.8 Å². The van der Waals surface area contributed by atoms with Gasteiger partial charge in [0.2, 0.25) is 6.41 Å². The van der Waals surface area contributed by atoms with Gasteiger partial charge >= 0.3 is 5.97 Å². The fraction of sp³-hybridized carbons (Fsp3) is 0.467. The SMILES string of the molecule is O=CNC(CCSCC1OCCc2ccccc21)C(=O)O. The van der Waals surface area contributed by atoms with Gasteiger partial charge in [0.05, 0.1) is 12.7 Å². The van der Waals surface area contributed by atoms with E-state index in [1.165, 1.54) is 11.1 Å². The molecule has 0 radical (unpaired) electrons. The lowest BCUT2D eigenvalue weighted by Gasteiger charge is -2.25. The number of hydrogen-bond acceptors (Lipinski definition) is 4. The molecule has 1 heterocycles. The van der Waals surface area contributed by atoms with Crippen molar-refractivity contribution in [3.05, 3.63) is 35.4 Å². The second kappa shape index (κ2) is 8.05. The molecule has 6 heteroatoms. The third-order valence-corrected chi connectivity index (χ3v) is 4.54. The van der Waals surface area contributed by atoms with Gasteiger partial charge < -0.3 is 15.2 Å². The van der Waals surface area contributed by atoms with Crippen molar-refractivity contribution >= 4 is 24.1 Å². The molecule has 1 aromatic rings. The molecule has 2 unspecified atom stereocenters. The summed E-state index contributed by atoms with van der Waals surface area (Å²) < 4.78 is 5.80. The minimum atomic E-state index is -0.998. The molecule has 0 saturated heterocycles. The molecule has 2 atom stereocenters. The summed E-state index contributed by atoms with van der Waals surface area (Å²) in [4.78, 5) is 21.2. The summed E-state index contributed by atoms with van der Waals surface area (Å²) in [5, 5.41) is 11.2. The predicted octanol–water partition coefficient (Wildman–Crippen LogP) is 1.62. The van der Waals surface area contributed by atoms with Crippen molar-refractivity contribution in [3.63, 3.8) is 0 Å². The van der Waals surface area contributed by atoms with Gasteiger partial charge in [-0.15, -0.1) is 0 Å². The quantitative estimate of drug-likeness (QED) is 0.564. The number of benzene rings is 1. The Balaban J connectivity index is 1.79. The summed E-state index contributed by atoms with van der Waals surface area (Å²) in [6, 6.07) is 7.46. The van der Waals surface area contributed by atoms with E-state index in [1.807, 2.05) is 12.1 Å². The minimum absolute atomic E-state index is 0.0715. The first-order valence-corrected chi connectivity index (χ1v) is 8.07. The maximum atomic E-state index is 10.9. The molecule has 21 heavy (non-hydrogen) atoms. The van der Waals surface area contributed by atoms with Crippen LogP contribution in [0.1, 0.15) is 23.7 Å². The second-order valence-electron chi connectivity index (χ2n) is 4.85. The average molecular weight is 309 g/mol. The van der Waals surface area contributed by atoms with E-state index in [9.17, 15) is 9.59 Å². The lowest BCUT2D eigenvalue weighted by Crippen LogP contribution is -2.36. The third-order valence-electron chi connectivity index (χ3n) is 3.48. The van der Waals surface area contributed by atoms with E-state index >= 15 is 0 Å². The summed E-state index contributed by atoms with van der Waals surface area (Å²) in [6.45, 7) is 0.729. The molecule has 1 aliphatic rings. The number of aliphatic carboxylic acids is 1. The highest BCUT2D eigenvalue weighted by atomic mass is 32.2. The number of rotatable bonds is 8. The number of amides is 1. The average Bonchev–Trinajstić information content (AvgIpc) is 2.50. The van der Waals surface area contributed by atoms with Gasteiger partial charge in [-0.2, -0.15) is 11.8 Å². The summed E-state index contributed by atoms with van der Waals surface area (Å²) in [5.41, 5.74) is 2.57. The van der Waals surface area contributed by atoms with Gasteiger partial charge in [0.1, 0.15) is 6.04 Å². The largest absolute Gasteiger partial charge is 0.480 e. The zero-order valence-electron chi connectivity index (χ0n) is 11.7. The Hall–Kier alpha value is -1.53. The molecular weight excluding hydrogens is 290 g/mol. The fourth-order valence-corrected chi connectivity index (χ4v) is 3.43. The zero-order chi connectivity index (χ0) is 15.1. The van der Waals surface area contributed by atoms with Crippen LogP contribution in [0, 0.1) is 0 Å². The molecule has 1 aromatic carbocycles. The van der Waals surface area contributed by atoms with Gasteiger partial charge in [-0.1, -0.05) is 24.3 Å². The van der Waals surface area contributed by atoms with Gasteiger partial charge in [0, 0.05) is 5.75 Å². The number of carbonyl (C=O) groups excluding carboxylic acids is 1. The Morgan fingerprint density at radius 1 is 1.52 bits per heavy atom. The van der Waals surface area contributed by atoms with Crippen molar-refractivity contribution in [1.82, 2.24) is 5.32 Å². The van der Waals surface area contributed by atoms with E-state index in [1.54, 1.807) is 11.8 Å². The first-order chi connectivity index (χ1) is 10.2. The molecule has 1 aliphatic heterocycles. The molecule has 114 valence electrons. The standard InChI is InChI=1S/C15H19NO4S/c17-10-16-13(15(18)19)6-8-21-9-14-12-4-2-1-3-11(12)5-7-20-14/h1-4,10,13-14H,5-9H2,(H,16,17)(H,18,19). The Morgan fingerprint density at radius 3 is 3.10 bits per heavy atom. The summed E-state index contributed by atoms with van der Waals surface area (Å²) in [6.07, 6.45) is 1.86. The van der Waals surface area contributed by atoms with E-state index < -0.39 is 12.0 Å². The van der Waals surface area contributed by atoms with Crippen molar-refractivity contribution < 1.29 is 19.4 Å². The Labute approximate surface area is 128 Å². The van der Waals surface area contributed by atoms with Gasteiger partial charge in [0.15, 0.2) is 0 Å². The Kier molecular flexibility index (Phi) is 6.07. The number of fused-ring (bicyclic) bond motifs is 1. The Bertz CT molecular complexity index is 494. The molecule has 0 saturated carbocycles. The van der Waals surface area contributed by atoms with Gasteiger partial charge in [-0.3, -0.25) is 4.79 Å². The molecule has 2 N–H and O–H groups in total. The number of ether oxygens (including phenoxy) is 1. The number of nitrogens with one attached hydrogen (secondary N) is 1. The van der Waals surface area contributed by atoms with Gasteiger partial charge in [-0.25, -0.2) is 4.79 Å². The van der Waals surface area contributed by atoms with Crippen LogP contribution in [-0.2, 0) is 20.7 Å². The number of carbonyl (C=O) groups is 2. The number of carboxylic acid groups (broad SMARTS) is 1. The lowest BCUT2D eigenvalue weighted by molar-refractivity contribution is -0.140. The molecule has 5 nitrogen and oxygen atoms in total. The van der Waals surface area contributed by atoms with E-state index in [-0.39, 0.29) is 6.10 Å².